The van der Waals surface area contributed by atoms with Crippen LogP contribution in [0.4, 0.5) is 0 Å². The summed E-state index contributed by atoms with van der Waals surface area (Å²) in [6.45, 7) is 9.51. The molecule has 0 aromatic carbocycles. The van der Waals surface area contributed by atoms with Crippen LogP contribution in [0.5, 0.6) is 0 Å². The number of carboxylic acids is 1. The Morgan fingerprint density at radius 1 is 1.29 bits per heavy atom. The first-order valence-corrected chi connectivity index (χ1v) is 6.39. The van der Waals surface area contributed by atoms with E-state index in [4.69, 9.17) is 4.74 Å². The van der Waals surface area contributed by atoms with Gasteiger partial charge in [0.15, 0.2) is 0 Å². The number of aliphatic carboxylic acids is 1. The third-order valence-corrected chi connectivity index (χ3v) is 4.05. The minimum absolute atomic E-state index is 0.210. The number of nitrogens with zero attached hydrogens (tertiary/aromatic N) is 1. The molecule has 2 saturated heterocycles. The van der Waals surface area contributed by atoms with Crippen LogP contribution in [0.2, 0.25) is 0 Å². The molecule has 17 heavy (non-hydrogen) atoms. The van der Waals surface area contributed by atoms with Gasteiger partial charge >= 0.3 is 5.97 Å². The zero-order valence-electron chi connectivity index (χ0n) is 11.0. The molecule has 4 nitrogen and oxygen atoms in total. The summed E-state index contributed by atoms with van der Waals surface area (Å²) in [5.74, 6) is -0.695. The summed E-state index contributed by atoms with van der Waals surface area (Å²) in [6, 6.07) is -0.365. The van der Waals surface area contributed by atoms with Crippen molar-refractivity contribution in [2.75, 3.05) is 26.3 Å². The molecular formula is C13H23NO3. The van der Waals surface area contributed by atoms with Gasteiger partial charge in [0.05, 0.1) is 0 Å². The van der Waals surface area contributed by atoms with E-state index in [-0.39, 0.29) is 11.5 Å². The van der Waals surface area contributed by atoms with Crippen LogP contribution >= 0.6 is 0 Å². The maximum absolute atomic E-state index is 11.4. The highest BCUT2D eigenvalue weighted by Crippen LogP contribution is 2.43. The molecule has 1 atom stereocenters. The summed E-state index contributed by atoms with van der Waals surface area (Å²) < 4.78 is 5.38. The fraction of sp³-hybridized carbons (Fsp3) is 0.923. The molecule has 2 rings (SSSR count). The van der Waals surface area contributed by atoms with Gasteiger partial charge < -0.3 is 9.84 Å². The Kier molecular flexibility index (Phi) is 3.21. The number of rotatable bonds is 2. The first-order valence-electron chi connectivity index (χ1n) is 6.39. The van der Waals surface area contributed by atoms with E-state index >= 15 is 0 Å². The second kappa shape index (κ2) is 4.25. The number of hydrogen-bond donors (Lipinski definition) is 1. The van der Waals surface area contributed by atoms with Gasteiger partial charge in [-0.2, -0.15) is 0 Å². The Hall–Kier alpha value is -0.610. The summed E-state index contributed by atoms with van der Waals surface area (Å²) in [7, 11) is 0. The Bertz CT molecular complexity index is 294. The Balaban J connectivity index is 1.99. The van der Waals surface area contributed by atoms with E-state index in [1.807, 2.05) is 20.8 Å². The van der Waals surface area contributed by atoms with Crippen molar-refractivity contribution >= 4 is 5.97 Å². The number of likely N-dealkylation sites (tertiary alicyclic amines) is 1. The predicted octanol–water partition coefficient (Wildman–Crippen LogP) is 1.60. The van der Waals surface area contributed by atoms with Crippen LogP contribution < -0.4 is 0 Å². The molecular weight excluding hydrogens is 218 g/mol. The zero-order chi connectivity index (χ0) is 12.7. The van der Waals surface area contributed by atoms with Crippen LogP contribution in [0.15, 0.2) is 0 Å². The molecule has 1 spiro atoms. The smallest absolute Gasteiger partial charge is 0.321 e. The lowest BCUT2D eigenvalue weighted by molar-refractivity contribution is -0.162. The molecule has 98 valence electrons. The average molecular weight is 241 g/mol. The second-order valence-corrected chi connectivity index (χ2v) is 6.62. The Labute approximate surface area is 103 Å². The maximum Gasteiger partial charge on any atom is 0.321 e. The Morgan fingerprint density at radius 2 is 1.82 bits per heavy atom. The van der Waals surface area contributed by atoms with Crippen LogP contribution in [0.1, 0.15) is 33.6 Å². The van der Waals surface area contributed by atoms with Crippen molar-refractivity contribution in [1.29, 1.82) is 0 Å². The molecule has 0 aromatic heterocycles. The van der Waals surface area contributed by atoms with Crippen molar-refractivity contribution < 1.29 is 14.6 Å². The lowest BCUT2D eigenvalue weighted by Gasteiger charge is -2.56. The Morgan fingerprint density at radius 3 is 2.24 bits per heavy atom. The van der Waals surface area contributed by atoms with E-state index in [0.717, 1.165) is 39.1 Å². The number of hydrogen-bond acceptors (Lipinski definition) is 3. The van der Waals surface area contributed by atoms with E-state index in [2.05, 4.69) is 4.90 Å². The third kappa shape index (κ3) is 2.47. The molecule has 0 aliphatic carbocycles. The van der Waals surface area contributed by atoms with Gasteiger partial charge in [0.2, 0.25) is 0 Å². The van der Waals surface area contributed by atoms with Gasteiger partial charge in [-0.1, -0.05) is 20.8 Å². The van der Waals surface area contributed by atoms with Gasteiger partial charge in [-0.3, -0.25) is 9.69 Å². The summed E-state index contributed by atoms with van der Waals surface area (Å²) in [6.07, 6.45) is 2.17. The first kappa shape index (κ1) is 12.8. The van der Waals surface area contributed by atoms with Crippen LogP contribution in [0.25, 0.3) is 0 Å². The molecule has 2 heterocycles. The molecule has 2 aliphatic rings. The van der Waals surface area contributed by atoms with E-state index in [1.54, 1.807) is 0 Å². The predicted molar refractivity (Wildman–Crippen MR) is 64.9 cm³/mol. The highest BCUT2D eigenvalue weighted by atomic mass is 16.5. The quantitative estimate of drug-likeness (QED) is 0.797. The van der Waals surface area contributed by atoms with Crippen molar-refractivity contribution in [3.8, 4) is 0 Å². The maximum atomic E-state index is 11.4. The van der Waals surface area contributed by atoms with Crippen LogP contribution in [-0.2, 0) is 9.53 Å². The molecule has 1 unspecified atom stereocenters. The first-order chi connectivity index (χ1) is 7.84. The van der Waals surface area contributed by atoms with Crippen molar-refractivity contribution in [2.45, 2.75) is 39.7 Å². The van der Waals surface area contributed by atoms with Crippen molar-refractivity contribution in [3.05, 3.63) is 0 Å². The number of ether oxygens (including phenoxy) is 1. The summed E-state index contributed by atoms with van der Waals surface area (Å²) in [5.41, 5.74) is 0.135. The van der Waals surface area contributed by atoms with Gasteiger partial charge in [0, 0.05) is 31.7 Å². The molecule has 4 heteroatoms. The molecule has 2 aliphatic heterocycles. The fourth-order valence-corrected chi connectivity index (χ4v) is 3.19. The minimum Gasteiger partial charge on any atom is -0.480 e. The minimum atomic E-state index is -0.695. The van der Waals surface area contributed by atoms with Gasteiger partial charge in [-0.05, 0) is 18.3 Å². The molecule has 0 bridgehead atoms. The van der Waals surface area contributed by atoms with Gasteiger partial charge in [0.1, 0.15) is 6.04 Å². The molecule has 0 saturated carbocycles. The van der Waals surface area contributed by atoms with E-state index in [0.29, 0.717) is 5.41 Å². The van der Waals surface area contributed by atoms with E-state index in [1.165, 1.54) is 0 Å². The van der Waals surface area contributed by atoms with Gasteiger partial charge in [-0.25, -0.2) is 0 Å². The fourth-order valence-electron chi connectivity index (χ4n) is 3.19. The largest absolute Gasteiger partial charge is 0.480 e. The zero-order valence-corrected chi connectivity index (χ0v) is 11.0. The molecule has 2 fully saturated rings. The summed E-state index contributed by atoms with van der Waals surface area (Å²) in [4.78, 5) is 13.5. The molecule has 0 aromatic rings. The molecule has 1 N–H and O–H groups in total. The monoisotopic (exact) mass is 241 g/mol. The van der Waals surface area contributed by atoms with Gasteiger partial charge in [-0.15, -0.1) is 0 Å². The topological polar surface area (TPSA) is 49.8 Å². The highest BCUT2D eigenvalue weighted by Gasteiger charge is 2.50. The van der Waals surface area contributed by atoms with Crippen LogP contribution in [0.3, 0.4) is 0 Å². The number of carbonyl (C=O) groups is 1. The van der Waals surface area contributed by atoms with Crippen LogP contribution in [-0.4, -0.2) is 48.3 Å². The van der Waals surface area contributed by atoms with Crippen molar-refractivity contribution in [2.24, 2.45) is 10.8 Å². The van der Waals surface area contributed by atoms with E-state index < -0.39 is 5.97 Å². The summed E-state index contributed by atoms with van der Waals surface area (Å²) >= 11 is 0. The highest BCUT2D eigenvalue weighted by molar-refractivity contribution is 5.74. The lowest BCUT2D eigenvalue weighted by Crippen LogP contribution is -2.65. The van der Waals surface area contributed by atoms with Crippen molar-refractivity contribution in [1.82, 2.24) is 4.90 Å². The second-order valence-electron chi connectivity index (χ2n) is 6.62. The van der Waals surface area contributed by atoms with Crippen LogP contribution in [0, 0.1) is 10.8 Å². The standard InChI is InChI=1S/C13H23NO3/c1-12(2,3)10(11(15)16)14-8-13(9-14)4-6-17-7-5-13/h10H,4-9H2,1-3H3,(H,15,16). The number of carboxylic acid groups (broad SMARTS) is 1. The van der Waals surface area contributed by atoms with Crippen molar-refractivity contribution in [3.63, 3.8) is 0 Å². The SMILES string of the molecule is CC(C)(C)C(C(=O)O)N1CC2(CCOCC2)C1. The van der Waals surface area contributed by atoms with Gasteiger partial charge in [0.25, 0.3) is 0 Å². The van der Waals surface area contributed by atoms with E-state index in [9.17, 15) is 9.90 Å². The molecule has 0 amide bonds. The average Bonchev–Trinajstić information content (AvgIpc) is 2.14. The lowest BCUT2D eigenvalue weighted by atomic mass is 9.70. The normalized spacial score (nSPS) is 26.5. The third-order valence-electron chi connectivity index (χ3n) is 4.05. The summed E-state index contributed by atoms with van der Waals surface area (Å²) in [5, 5.41) is 9.36. The molecule has 0 radical (unpaired) electrons.